The van der Waals surface area contributed by atoms with Crippen LogP contribution >= 0.6 is 11.3 Å². The Bertz CT molecular complexity index is 499. The molecular weight excluding hydrogens is 262 g/mol. The van der Waals surface area contributed by atoms with E-state index in [0.29, 0.717) is 13.2 Å². The zero-order valence-corrected chi connectivity index (χ0v) is 11.9. The van der Waals surface area contributed by atoms with E-state index < -0.39 is 0 Å². The summed E-state index contributed by atoms with van der Waals surface area (Å²) in [6, 6.07) is 7.56. The van der Waals surface area contributed by atoms with Gasteiger partial charge in [0, 0.05) is 6.54 Å². The first-order chi connectivity index (χ1) is 9.31. The predicted molar refractivity (Wildman–Crippen MR) is 76.0 cm³/mol. The molecule has 102 valence electrons. The van der Waals surface area contributed by atoms with E-state index in [0.717, 1.165) is 28.2 Å². The molecule has 0 atom stereocenters. The molecule has 0 aliphatic carbocycles. The molecule has 0 aliphatic rings. The van der Waals surface area contributed by atoms with Gasteiger partial charge in [0.2, 0.25) is 5.13 Å². The zero-order valence-electron chi connectivity index (χ0n) is 11.0. The molecule has 0 aliphatic heterocycles. The smallest absolute Gasteiger partial charge is 0.205 e. The average Bonchev–Trinajstić information content (AvgIpc) is 2.87. The van der Waals surface area contributed by atoms with Crippen molar-refractivity contribution in [3.05, 3.63) is 29.3 Å². The van der Waals surface area contributed by atoms with Gasteiger partial charge in [-0.1, -0.05) is 11.3 Å². The van der Waals surface area contributed by atoms with Crippen LogP contribution in [0.5, 0.6) is 11.5 Å². The molecule has 0 unspecified atom stereocenters. The lowest BCUT2D eigenvalue weighted by Crippen LogP contribution is -1.95. The second-order valence-electron chi connectivity index (χ2n) is 3.72. The maximum Gasteiger partial charge on any atom is 0.205 e. The molecule has 1 N–H and O–H groups in total. The number of anilines is 1. The molecule has 2 rings (SSSR count). The van der Waals surface area contributed by atoms with Gasteiger partial charge in [0.05, 0.1) is 6.61 Å². The van der Waals surface area contributed by atoms with E-state index in [2.05, 4.69) is 15.5 Å². The Kier molecular flexibility index (Phi) is 4.97. The first-order valence-electron chi connectivity index (χ1n) is 6.23. The third-order valence-electron chi connectivity index (χ3n) is 2.29. The molecule has 0 radical (unpaired) electrons. The lowest BCUT2D eigenvalue weighted by atomic mass is 10.3. The van der Waals surface area contributed by atoms with E-state index in [1.807, 2.05) is 38.1 Å². The fourth-order valence-electron chi connectivity index (χ4n) is 1.48. The third-order valence-corrected chi connectivity index (χ3v) is 3.15. The normalized spacial score (nSPS) is 10.2. The van der Waals surface area contributed by atoms with Gasteiger partial charge in [0.25, 0.3) is 0 Å². The standard InChI is InChI=1S/C13H17N3O2S/c1-3-14-13-16-15-12(19-13)9-18-11-7-5-10(6-8-11)17-4-2/h5-8H,3-4,9H2,1-2H3,(H,14,16). The Morgan fingerprint density at radius 2 is 1.74 bits per heavy atom. The van der Waals surface area contributed by atoms with Crippen LogP contribution in [0.4, 0.5) is 5.13 Å². The lowest BCUT2D eigenvalue weighted by Gasteiger charge is -2.05. The van der Waals surface area contributed by atoms with E-state index in [9.17, 15) is 0 Å². The lowest BCUT2D eigenvalue weighted by molar-refractivity contribution is 0.302. The molecule has 0 saturated carbocycles. The first kappa shape index (κ1) is 13.6. The summed E-state index contributed by atoms with van der Waals surface area (Å²) in [4.78, 5) is 0. The molecule has 1 heterocycles. The molecule has 0 spiro atoms. The van der Waals surface area contributed by atoms with E-state index in [-0.39, 0.29) is 0 Å². The highest BCUT2D eigenvalue weighted by Crippen LogP contribution is 2.20. The first-order valence-corrected chi connectivity index (χ1v) is 7.05. The van der Waals surface area contributed by atoms with Crippen molar-refractivity contribution in [3.63, 3.8) is 0 Å². The highest BCUT2D eigenvalue weighted by atomic mass is 32.1. The summed E-state index contributed by atoms with van der Waals surface area (Å²) in [5, 5.41) is 12.9. The van der Waals surface area contributed by atoms with Gasteiger partial charge in [-0.05, 0) is 38.1 Å². The Hall–Kier alpha value is -1.82. The average molecular weight is 279 g/mol. The largest absolute Gasteiger partial charge is 0.494 e. The van der Waals surface area contributed by atoms with Crippen molar-refractivity contribution in [3.8, 4) is 11.5 Å². The van der Waals surface area contributed by atoms with Gasteiger partial charge in [0.15, 0.2) is 5.01 Å². The van der Waals surface area contributed by atoms with Crippen molar-refractivity contribution in [2.24, 2.45) is 0 Å². The van der Waals surface area contributed by atoms with Crippen molar-refractivity contribution >= 4 is 16.5 Å². The van der Waals surface area contributed by atoms with Crippen LogP contribution in [0.2, 0.25) is 0 Å². The van der Waals surface area contributed by atoms with Crippen LogP contribution in [-0.2, 0) is 6.61 Å². The van der Waals surface area contributed by atoms with Crippen LogP contribution in [0.1, 0.15) is 18.9 Å². The van der Waals surface area contributed by atoms with Crippen LogP contribution in [0, 0.1) is 0 Å². The molecule has 19 heavy (non-hydrogen) atoms. The fraction of sp³-hybridized carbons (Fsp3) is 0.385. The topological polar surface area (TPSA) is 56.3 Å². The van der Waals surface area contributed by atoms with E-state index in [1.165, 1.54) is 11.3 Å². The highest BCUT2D eigenvalue weighted by Gasteiger charge is 2.04. The molecule has 1 aromatic carbocycles. The van der Waals surface area contributed by atoms with Gasteiger partial charge in [-0.3, -0.25) is 0 Å². The minimum absolute atomic E-state index is 0.428. The Morgan fingerprint density at radius 1 is 1.05 bits per heavy atom. The minimum atomic E-state index is 0.428. The van der Waals surface area contributed by atoms with E-state index in [4.69, 9.17) is 9.47 Å². The number of rotatable bonds is 7. The molecule has 0 bridgehead atoms. The Morgan fingerprint density at radius 3 is 2.37 bits per heavy atom. The summed E-state index contributed by atoms with van der Waals surface area (Å²) in [5.74, 6) is 1.64. The number of nitrogens with zero attached hydrogens (tertiary/aromatic N) is 2. The molecule has 0 amide bonds. The van der Waals surface area contributed by atoms with E-state index >= 15 is 0 Å². The molecule has 1 aromatic heterocycles. The van der Waals surface area contributed by atoms with Gasteiger partial charge >= 0.3 is 0 Å². The van der Waals surface area contributed by atoms with Crippen LogP contribution in [0.3, 0.4) is 0 Å². The number of benzene rings is 1. The highest BCUT2D eigenvalue weighted by molar-refractivity contribution is 7.15. The molecule has 6 heteroatoms. The monoisotopic (exact) mass is 279 g/mol. The SMILES string of the molecule is CCNc1nnc(COc2ccc(OCC)cc2)s1. The molecular formula is C13H17N3O2S. The second kappa shape index (κ2) is 6.94. The van der Waals surface area contributed by atoms with Crippen molar-refractivity contribution in [2.45, 2.75) is 20.5 Å². The maximum atomic E-state index is 5.64. The Labute approximate surface area is 116 Å². The third kappa shape index (κ3) is 4.10. The predicted octanol–water partition coefficient (Wildman–Crippen LogP) is 2.95. The second-order valence-corrected chi connectivity index (χ2v) is 4.79. The summed E-state index contributed by atoms with van der Waals surface area (Å²) in [5.41, 5.74) is 0. The van der Waals surface area contributed by atoms with Crippen LogP contribution < -0.4 is 14.8 Å². The van der Waals surface area contributed by atoms with Gasteiger partial charge in [0.1, 0.15) is 18.1 Å². The molecule has 2 aromatic rings. The Balaban J connectivity index is 1.86. The van der Waals surface area contributed by atoms with Crippen LogP contribution in [-0.4, -0.2) is 23.3 Å². The quantitative estimate of drug-likeness (QED) is 0.844. The van der Waals surface area contributed by atoms with Gasteiger partial charge in [-0.15, -0.1) is 10.2 Å². The van der Waals surface area contributed by atoms with Gasteiger partial charge in [-0.2, -0.15) is 0 Å². The number of hydrogen-bond acceptors (Lipinski definition) is 6. The maximum absolute atomic E-state index is 5.64. The van der Waals surface area contributed by atoms with E-state index in [1.54, 1.807) is 0 Å². The van der Waals surface area contributed by atoms with Gasteiger partial charge < -0.3 is 14.8 Å². The number of ether oxygens (including phenoxy) is 2. The summed E-state index contributed by atoms with van der Waals surface area (Å²) < 4.78 is 11.0. The zero-order chi connectivity index (χ0) is 13.5. The van der Waals surface area contributed by atoms with Crippen molar-refractivity contribution in [1.29, 1.82) is 0 Å². The molecule has 0 fully saturated rings. The molecule has 5 nitrogen and oxygen atoms in total. The number of aromatic nitrogens is 2. The van der Waals surface area contributed by atoms with Crippen molar-refractivity contribution in [2.75, 3.05) is 18.5 Å². The number of hydrogen-bond donors (Lipinski definition) is 1. The van der Waals surface area contributed by atoms with Crippen molar-refractivity contribution < 1.29 is 9.47 Å². The minimum Gasteiger partial charge on any atom is -0.494 e. The summed E-state index contributed by atoms with van der Waals surface area (Å²) >= 11 is 1.50. The van der Waals surface area contributed by atoms with Crippen LogP contribution in [0.15, 0.2) is 24.3 Å². The number of nitrogens with one attached hydrogen (secondary N) is 1. The fourth-order valence-corrected chi connectivity index (χ4v) is 2.20. The summed E-state index contributed by atoms with van der Waals surface area (Å²) in [6.07, 6.45) is 0. The van der Waals surface area contributed by atoms with Crippen molar-refractivity contribution in [1.82, 2.24) is 10.2 Å². The van der Waals surface area contributed by atoms with Gasteiger partial charge in [-0.25, -0.2) is 0 Å². The van der Waals surface area contributed by atoms with Crippen LogP contribution in [0.25, 0.3) is 0 Å². The summed E-state index contributed by atoms with van der Waals surface area (Å²) in [6.45, 7) is 5.92. The molecule has 0 saturated heterocycles. The summed E-state index contributed by atoms with van der Waals surface area (Å²) in [7, 11) is 0.